The van der Waals surface area contributed by atoms with Crippen molar-refractivity contribution < 1.29 is 9.90 Å². The van der Waals surface area contributed by atoms with Gasteiger partial charge in [0.1, 0.15) is 0 Å². The lowest BCUT2D eigenvalue weighted by Gasteiger charge is -2.34. The molecule has 1 fully saturated rings. The van der Waals surface area contributed by atoms with Gasteiger partial charge < -0.3 is 15.7 Å². The van der Waals surface area contributed by atoms with Crippen LogP contribution in [0.1, 0.15) is 15.9 Å². The first-order valence-electron chi connectivity index (χ1n) is 7.16. The summed E-state index contributed by atoms with van der Waals surface area (Å²) in [6.45, 7) is 4.61. The van der Waals surface area contributed by atoms with Crippen LogP contribution < -0.4 is 5.73 Å². The van der Waals surface area contributed by atoms with Gasteiger partial charge in [0, 0.05) is 38.3 Å². The molecule has 0 bridgehead atoms. The summed E-state index contributed by atoms with van der Waals surface area (Å²) in [6.07, 6.45) is 0.842. The molecule has 0 unspecified atom stereocenters. The fourth-order valence-electron chi connectivity index (χ4n) is 2.48. The summed E-state index contributed by atoms with van der Waals surface area (Å²) in [5.74, 6) is 0.0907. The van der Waals surface area contributed by atoms with E-state index < -0.39 is 0 Å². The zero-order chi connectivity index (χ0) is 14.4. The highest BCUT2D eigenvalue weighted by molar-refractivity contribution is 5.94. The highest BCUT2D eigenvalue weighted by Gasteiger charge is 2.21. The topological polar surface area (TPSA) is 69.8 Å². The quantitative estimate of drug-likeness (QED) is 0.791. The van der Waals surface area contributed by atoms with E-state index in [-0.39, 0.29) is 12.5 Å². The first kappa shape index (κ1) is 15.0. The molecule has 1 saturated heterocycles. The molecule has 1 aromatic carbocycles. The summed E-state index contributed by atoms with van der Waals surface area (Å²) >= 11 is 0. The molecule has 3 N–H and O–H groups in total. The molecular weight excluding hydrogens is 254 g/mol. The Kier molecular flexibility index (Phi) is 5.52. The van der Waals surface area contributed by atoms with E-state index in [9.17, 15) is 4.79 Å². The highest BCUT2D eigenvalue weighted by atomic mass is 16.3. The van der Waals surface area contributed by atoms with Gasteiger partial charge in [-0.3, -0.25) is 9.69 Å². The Bertz CT molecular complexity index is 425. The molecule has 0 saturated carbocycles. The number of hydrogen-bond acceptors (Lipinski definition) is 4. The second kappa shape index (κ2) is 7.38. The SMILES string of the molecule is NCCc1ccc(C(=O)N2CCN(CCO)CC2)cc1. The molecule has 1 aromatic rings. The van der Waals surface area contributed by atoms with Crippen LogP contribution in [-0.4, -0.2) is 66.7 Å². The van der Waals surface area contributed by atoms with Crippen molar-refractivity contribution in [3.8, 4) is 0 Å². The summed E-state index contributed by atoms with van der Waals surface area (Å²) < 4.78 is 0. The number of aliphatic hydroxyl groups is 1. The van der Waals surface area contributed by atoms with Crippen molar-refractivity contribution in [2.24, 2.45) is 5.73 Å². The molecule has 0 aliphatic carbocycles. The maximum absolute atomic E-state index is 12.4. The summed E-state index contributed by atoms with van der Waals surface area (Å²) in [5.41, 5.74) is 7.42. The molecule has 5 nitrogen and oxygen atoms in total. The van der Waals surface area contributed by atoms with Crippen LogP contribution in [-0.2, 0) is 6.42 Å². The molecule has 20 heavy (non-hydrogen) atoms. The van der Waals surface area contributed by atoms with Crippen molar-refractivity contribution >= 4 is 5.91 Å². The monoisotopic (exact) mass is 277 g/mol. The first-order valence-corrected chi connectivity index (χ1v) is 7.16. The van der Waals surface area contributed by atoms with Gasteiger partial charge in [0.25, 0.3) is 5.91 Å². The standard InChI is InChI=1S/C15H23N3O2/c16-6-5-13-1-3-14(4-2-13)15(20)18-9-7-17(8-10-18)11-12-19/h1-4,19H,5-12,16H2. The van der Waals surface area contributed by atoms with E-state index in [4.69, 9.17) is 10.8 Å². The van der Waals surface area contributed by atoms with E-state index >= 15 is 0 Å². The third kappa shape index (κ3) is 3.79. The van der Waals surface area contributed by atoms with Gasteiger partial charge in [-0.25, -0.2) is 0 Å². The average Bonchev–Trinajstić information content (AvgIpc) is 2.49. The minimum atomic E-state index is 0.0907. The zero-order valence-electron chi connectivity index (χ0n) is 11.8. The Morgan fingerprint density at radius 1 is 1.15 bits per heavy atom. The molecule has 1 heterocycles. The number of nitrogens with zero attached hydrogens (tertiary/aromatic N) is 2. The summed E-state index contributed by atoms with van der Waals surface area (Å²) in [4.78, 5) is 16.4. The minimum absolute atomic E-state index is 0.0907. The Labute approximate surface area is 120 Å². The number of β-amino-alcohol motifs (C(OH)–C–C–N with tert-alkyl or cyclic N) is 1. The number of nitrogens with two attached hydrogens (primary N) is 1. The van der Waals surface area contributed by atoms with Crippen LogP contribution in [0.5, 0.6) is 0 Å². The van der Waals surface area contributed by atoms with Crippen molar-refractivity contribution in [3.05, 3.63) is 35.4 Å². The second-order valence-corrected chi connectivity index (χ2v) is 5.09. The number of piperazine rings is 1. The molecule has 1 aliphatic rings. The molecule has 2 rings (SSSR count). The average molecular weight is 277 g/mol. The fraction of sp³-hybridized carbons (Fsp3) is 0.533. The normalized spacial score (nSPS) is 16.4. The number of aliphatic hydroxyl groups excluding tert-OH is 1. The van der Waals surface area contributed by atoms with Gasteiger partial charge in [-0.1, -0.05) is 12.1 Å². The number of rotatable bonds is 5. The maximum Gasteiger partial charge on any atom is 0.253 e. The molecule has 1 aliphatic heterocycles. The molecule has 1 amide bonds. The Hall–Kier alpha value is -1.43. The van der Waals surface area contributed by atoms with E-state index in [0.717, 1.165) is 43.7 Å². The fourth-order valence-corrected chi connectivity index (χ4v) is 2.48. The van der Waals surface area contributed by atoms with Gasteiger partial charge in [0.05, 0.1) is 6.61 Å². The van der Waals surface area contributed by atoms with E-state index in [1.807, 2.05) is 29.2 Å². The van der Waals surface area contributed by atoms with Crippen LogP contribution in [0.3, 0.4) is 0 Å². The Balaban J connectivity index is 1.91. The molecule has 0 aromatic heterocycles. The maximum atomic E-state index is 12.4. The largest absolute Gasteiger partial charge is 0.395 e. The van der Waals surface area contributed by atoms with E-state index in [1.54, 1.807) is 0 Å². The predicted octanol–water partition coefficient (Wildman–Crippen LogP) is -0.0621. The second-order valence-electron chi connectivity index (χ2n) is 5.09. The number of amides is 1. The van der Waals surface area contributed by atoms with Crippen LogP contribution in [0, 0.1) is 0 Å². The van der Waals surface area contributed by atoms with Crippen LogP contribution >= 0.6 is 0 Å². The van der Waals surface area contributed by atoms with Gasteiger partial charge >= 0.3 is 0 Å². The van der Waals surface area contributed by atoms with Gasteiger partial charge in [-0.15, -0.1) is 0 Å². The molecule has 0 spiro atoms. The number of hydrogen-bond donors (Lipinski definition) is 2. The molecule has 110 valence electrons. The number of benzene rings is 1. The molecule has 0 atom stereocenters. The van der Waals surface area contributed by atoms with E-state index in [2.05, 4.69) is 4.90 Å². The third-order valence-electron chi connectivity index (χ3n) is 3.71. The Morgan fingerprint density at radius 3 is 2.35 bits per heavy atom. The summed E-state index contributed by atoms with van der Waals surface area (Å²) in [5, 5.41) is 8.91. The molecule has 0 radical (unpaired) electrons. The Morgan fingerprint density at radius 2 is 1.80 bits per heavy atom. The van der Waals surface area contributed by atoms with Gasteiger partial charge in [-0.2, -0.15) is 0 Å². The van der Waals surface area contributed by atoms with Crippen molar-refractivity contribution in [1.29, 1.82) is 0 Å². The predicted molar refractivity (Wildman–Crippen MR) is 78.6 cm³/mol. The molecule has 5 heteroatoms. The van der Waals surface area contributed by atoms with Crippen molar-refractivity contribution in [1.82, 2.24) is 9.80 Å². The zero-order valence-corrected chi connectivity index (χ0v) is 11.8. The van der Waals surface area contributed by atoms with Gasteiger partial charge in [0.2, 0.25) is 0 Å². The lowest BCUT2D eigenvalue weighted by molar-refractivity contribution is 0.0615. The van der Waals surface area contributed by atoms with Crippen LogP contribution in [0.2, 0.25) is 0 Å². The van der Waals surface area contributed by atoms with E-state index in [1.165, 1.54) is 0 Å². The van der Waals surface area contributed by atoms with Crippen molar-refractivity contribution in [2.45, 2.75) is 6.42 Å². The summed E-state index contributed by atoms with van der Waals surface area (Å²) in [7, 11) is 0. The van der Waals surface area contributed by atoms with Gasteiger partial charge in [-0.05, 0) is 30.7 Å². The lowest BCUT2D eigenvalue weighted by atomic mass is 10.1. The van der Waals surface area contributed by atoms with Crippen molar-refractivity contribution in [2.75, 3.05) is 45.9 Å². The van der Waals surface area contributed by atoms with Gasteiger partial charge in [0.15, 0.2) is 0 Å². The van der Waals surface area contributed by atoms with Crippen molar-refractivity contribution in [3.63, 3.8) is 0 Å². The third-order valence-corrected chi connectivity index (χ3v) is 3.71. The van der Waals surface area contributed by atoms with Crippen LogP contribution in [0.15, 0.2) is 24.3 Å². The number of carbonyl (C=O) groups excluding carboxylic acids is 1. The lowest BCUT2D eigenvalue weighted by Crippen LogP contribution is -2.49. The van der Waals surface area contributed by atoms with Crippen LogP contribution in [0.25, 0.3) is 0 Å². The first-order chi connectivity index (χ1) is 9.74. The minimum Gasteiger partial charge on any atom is -0.395 e. The van der Waals surface area contributed by atoms with Crippen LogP contribution in [0.4, 0.5) is 0 Å². The number of carbonyl (C=O) groups is 1. The smallest absolute Gasteiger partial charge is 0.253 e. The van der Waals surface area contributed by atoms with E-state index in [0.29, 0.717) is 13.1 Å². The molecular formula is C15H23N3O2. The highest BCUT2D eigenvalue weighted by Crippen LogP contribution is 2.10. The summed E-state index contributed by atoms with van der Waals surface area (Å²) in [6, 6.07) is 7.71.